The van der Waals surface area contributed by atoms with Gasteiger partial charge in [0.15, 0.2) is 0 Å². The van der Waals surface area contributed by atoms with Crippen LogP contribution < -0.4 is 0 Å². The van der Waals surface area contributed by atoms with Crippen molar-refractivity contribution in [1.29, 1.82) is 0 Å². The van der Waals surface area contributed by atoms with Crippen molar-refractivity contribution in [2.45, 2.75) is 25.3 Å². The van der Waals surface area contributed by atoms with E-state index in [0.717, 1.165) is 16.9 Å². The summed E-state index contributed by atoms with van der Waals surface area (Å²) in [5, 5.41) is -0.259. The van der Waals surface area contributed by atoms with Crippen molar-refractivity contribution in [3.05, 3.63) is 59.9 Å². The summed E-state index contributed by atoms with van der Waals surface area (Å²) in [6, 6.07) is 8.60. The molecule has 0 saturated heterocycles. The number of benzene rings is 1. The van der Waals surface area contributed by atoms with Gasteiger partial charge in [0.05, 0.1) is 22.5 Å². The van der Waals surface area contributed by atoms with Crippen molar-refractivity contribution >= 4 is 22.6 Å². The maximum Gasteiger partial charge on any atom is 0.128 e. The Morgan fingerprint density at radius 2 is 1.86 bits per heavy atom. The van der Waals surface area contributed by atoms with E-state index in [1.807, 2.05) is 19.1 Å². The van der Waals surface area contributed by atoms with Gasteiger partial charge in [-0.25, -0.2) is 9.37 Å². The minimum atomic E-state index is -0.294. The van der Waals surface area contributed by atoms with Gasteiger partial charge in [-0.15, -0.1) is 11.6 Å². The molecule has 0 amide bonds. The van der Waals surface area contributed by atoms with Crippen LogP contribution in [0.5, 0.6) is 0 Å². The summed E-state index contributed by atoms with van der Waals surface area (Å²) >= 11 is 6.26. The maximum absolute atomic E-state index is 13.4. The predicted molar refractivity (Wildman–Crippen MR) is 82.0 cm³/mol. The highest BCUT2D eigenvalue weighted by Crippen LogP contribution is 2.31. The van der Waals surface area contributed by atoms with Crippen LogP contribution in [0.1, 0.15) is 36.7 Å². The lowest BCUT2D eigenvalue weighted by atomic mass is 10.1. The molecule has 0 aliphatic carbocycles. The van der Waals surface area contributed by atoms with Crippen LogP contribution in [0.25, 0.3) is 11.0 Å². The normalized spacial score (nSPS) is 14.3. The molecular weight excluding hydrogens is 289 g/mol. The highest BCUT2D eigenvalue weighted by atomic mass is 35.5. The minimum absolute atomic E-state index is 0.0414. The maximum atomic E-state index is 13.4. The molecule has 0 radical (unpaired) electrons. The van der Waals surface area contributed by atoms with E-state index < -0.39 is 0 Å². The summed E-state index contributed by atoms with van der Waals surface area (Å²) in [6.07, 6.45) is 3.52. The smallest absolute Gasteiger partial charge is 0.128 e. The van der Waals surface area contributed by atoms with Gasteiger partial charge in [-0.2, -0.15) is 0 Å². The lowest BCUT2D eigenvalue weighted by Crippen LogP contribution is -2.11. The number of fused-ring (bicyclic) bond motifs is 1. The first-order valence-electron chi connectivity index (χ1n) is 6.79. The second-order valence-corrected chi connectivity index (χ2v) is 5.70. The van der Waals surface area contributed by atoms with Crippen molar-refractivity contribution < 1.29 is 4.39 Å². The SMILES string of the molecule is CC(Cl)c1nc2cc(F)ccc2n1C(C)c1ccncc1. The number of imidazole rings is 1. The first-order chi connectivity index (χ1) is 10.1. The van der Waals surface area contributed by atoms with E-state index in [9.17, 15) is 4.39 Å². The zero-order chi connectivity index (χ0) is 15.0. The number of pyridine rings is 1. The third-order valence-electron chi connectivity index (χ3n) is 3.61. The predicted octanol–water partition coefficient (Wildman–Crippen LogP) is 4.48. The Morgan fingerprint density at radius 3 is 2.52 bits per heavy atom. The largest absolute Gasteiger partial charge is 0.319 e. The number of aromatic nitrogens is 3. The number of halogens is 2. The zero-order valence-electron chi connectivity index (χ0n) is 11.8. The molecule has 0 N–H and O–H groups in total. The lowest BCUT2D eigenvalue weighted by molar-refractivity contribution is 0.616. The standard InChI is InChI=1S/C16H15ClFN3/c1-10(17)16-20-14-9-13(18)3-4-15(14)21(16)11(2)12-5-7-19-8-6-12/h3-11H,1-2H3. The highest BCUT2D eigenvalue weighted by Gasteiger charge is 2.20. The van der Waals surface area contributed by atoms with Crippen molar-refractivity contribution in [1.82, 2.24) is 14.5 Å². The van der Waals surface area contributed by atoms with Gasteiger partial charge in [0.25, 0.3) is 0 Å². The van der Waals surface area contributed by atoms with E-state index in [-0.39, 0.29) is 17.2 Å². The van der Waals surface area contributed by atoms with Crippen LogP contribution in [0.3, 0.4) is 0 Å². The molecule has 0 spiro atoms. The van der Waals surface area contributed by atoms with Crippen molar-refractivity contribution in [3.8, 4) is 0 Å². The Morgan fingerprint density at radius 1 is 1.14 bits per heavy atom. The molecule has 3 nitrogen and oxygen atoms in total. The Kier molecular flexibility index (Phi) is 3.64. The van der Waals surface area contributed by atoms with Gasteiger partial charge in [0.1, 0.15) is 11.6 Å². The van der Waals surface area contributed by atoms with E-state index >= 15 is 0 Å². The molecule has 3 rings (SSSR count). The summed E-state index contributed by atoms with van der Waals surface area (Å²) in [4.78, 5) is 8.54. The summed E-state index contributed by atoms with van der Waals surface area (Å²) in [5.74, 6) is 0.444. The van der Waals surface area contributed by atoms with E-state index in [2.05, 4.69) is 21.5 Å². The number of nitrogens with zero attached hydrogens (tertiary/aromatic N) is 3. The number of rotatable bonds is 3. The molecule has 2 heterocycles. The minimum Gasteiger partial charge on any atom is -0.319 e. The third-order valence-corrected chi connectivity index (χ3v) is 3.81. The van der Waals surface area contributed by atoms with Crippen molar-refractivity contribution in [2.24, 2.45) is 0 Å². The van der Waals surface area contributed by atoms with Crippen LogP contribution >= 0.6 is 11.6 Å². The Bertz CT molecular complexity index is 768. The topological polar surface area (TPSA) is 30.7 Å². The monoisotopic (exact) mass is 303 g/mol. The van der Waals surface area contributed by atoms with E-state index in [4.69, 9.17) is 11.6 Å². The van der Waals surface area contributed by atoms with Crippen LogP contribution in [0, 0.1) is 5.82 Å². The molecule has 2 atom stereocenters. The quantitative estimate of drug-likeness (QED) is 0.668. The summed E-state index contributed by atoms with van der Waals surface area (Å²) in [6.45, 7) is 3.94. The zero-order valence-corrected chi connectivity index (χ0v) is 12.5. The van der Waals surface area contributed by atoms with Crippen LogP contribution in [0.15, 0.2) is 42.7 Å². The first-order valence-corrected chi connectivity index (χ1v) is 7.23. The number of alkyl halides is 1. The molecule has 0 fully saturated rings. The van der Waals surface area contributed by atoms with Crippen LogP contribution in [-0.4, -0.2) is 14.5 Å². The molecule has 0 aliphatic rings. The molecule has 1 aromatic carbocycles. The van der Waals surface area contributed by atoms with Crippen LogP contribution in [-0.2, 0) is 0 Å². The molecule has 2 unspecified atom stereocenters. The van der Waals surface area contributed by atoms with E-state index in [1.165, 1.54) is 12.1 Å². The number of hydrogen-bond acceptors (Lipinski definition) is 2. The molecule has 0 aliphatic heterocycles. The summed E-state index contributed by atoms with van der Waals surface area (Å²) < 4.78 is 15.5. The fraction of sp³-hybridized carbons (Fsp3) is 0.250. The second-order valence-electron chi connectivity index (χ2n) is 5.05. The average Bonchev–Trinajstić information content (AvgIpc) is 2.86. The van der Waals surface area contributed by atoms with Gasteiger partial charge in [-0.1, -0.05) is 0 Å². The van der Waals surface area contributed by atoms with Crippen molar-refractivity contribution in [3.63, 3.8) is 0 Å². The average molecular weight is 304 g/mol. The molecule has 0 bridgehead atoms. The van der Waals surface area contributed by atoms with Gasteiger partial charge in [0, 0.05) is 18.5 Å². The lowest BCUT2D eigenvalue weighted by Gasteiger charge is -2.19. The molecule has 21 heavy (non-hydrogen) atoms. The Hall–Kier alpha value is -1.94. The first kappa shape index (κ1) is 14.0. The summed E-state index contributed by atoms with van der Waals surface area (Å²) in [5.41, 5.74) is 2.61. The number of hydrogen-bond donors (Lipinski definition) is 0. The highest BCUT2D eigenvalue weighted by molar-refractivity contribution is 6.20. The fourth-order valence-corrected chi connectivity index (χ4v) is 2.72. The van der Waals surface area contributed by atoms with Crippen molar-refractivity contribution in [2.75, 3.05) is 0 Å². The van der Waals surface area contributed by atoms with Gasteiger partial charge in [0.2, 0.25) is 0 Å². The molecule has 2 aromatic heterocycles. The van der Waals surface area contributed by atoms with E-state index in [0.29, 0.717) is 5.52 Å². The van der Waals surface area contributed by atoms with Crippen LogP contribution in [0.2, 0.25) is 0 Å². The van der Waals surface area contributed by atoms with Gasteiger partial charge in [-0.3, -0.25) is 4.98 Å². The van der Waals surface area contributed by atoms with E-state index in [1.54, 1.807) is 18.5 Å². The molecule has 108 valence electrons. The van der Waals surface area contributed by atoms with Crippen LogP contribution in [0.4, 0.5) is 4.39 Å². The second kappa shape index (κ2) is 5.45. The fourth-order valence-electron chi connectivity index (χ4n) is 2.57. The molecule has 5 heteroatoms. The summed E-state index contributed by atoms with van der Waals surface area (Å²) in [7, 11) is 0. The molecular formula is C16H15ClFN3. The molecule has 0 saturated carbocycles. The Balaban J connectivity index is 2.22. The van der Waals surface area contributed by atoms with Gasteiger partial charge in [-0.05, 0) is 43.7 Å². The molecule has 3 aromatic rings. The third kappa shape index (κ3) is 2.51. The van der Waals surface area contributed by atoms with Gasteiger partial charge >= 0.3 is 0 Å². The Labute approximate surface area is 127 Å². The van der Waals surface area contributed by atoms with Gasteiger partial charge < -0.3 is 4.57 Å².